The number of likely N-dealkylation sites (tertiary alicyclic amines) is 1. The molecule has 2 aromatic rings. The molecular weight excluding hydrogens is 310 g/mol. The van der Waals surface area contributed by atoms with E-state index < -0.39 is 0 Å². The quantitative estimate of drug-likeness (QED) is 0.934. The minimum atomic E-state index is -0.0894. The maximum atomic E-state index is 12.7. The lowest BCUT2D eigenvalue weighted by Crippen LogP contribution is -2.39. The van der Waals surface area contributed by atoms with Crippen LogP contribution in [-0.4, -0.2) is 38.8 Å². The zero-order valence-electron chi connectivity index (χ0n) is 13.4. The lowest BCUT2D eigenvalue weighted by atomic mass is 9.98. The van der Waals surface area contributed by atoms with E-state index in [1.165, 1.54) is 12.5 Å². The average molecular weight is 331 g/mol. The Balaban J connectivity index is 1.75. The van der Waals surface area contributed by atoms with Gasteiger partial charge in [-0.25, -0.2) is 15.0 Å². The maximum absolute atomic E-state index is 12.7. The van der Waals surface area contributed by atoms with Gasteiger partial charge in [-0.2, -0.15) is 0 Å². The number of nitrogens with zero attached hydrogens (tertiary/aromatic N) is 4. The predicted molar refractivity (Wildman–Crippen MR) is 90.5 cm³/mol. The molecule has 2 N–H and O–H groups in total. The minimum absolute atomic E-state index is 0.0894. The first-order valence-corrected chi connectivity index (χ1v) is 8.74. The lowest BCUT2D eigenvalue weighted by Gasteiger charge is -2.32. The second-order valence-electron chi connectivity index (χ2n) is 6.18. The van der Waals surface area contributed by atoms with E-state index in [-0.39, 0.29) is 11.7 Å². The van der Waals surface area contributed by atoms with E-state index in [9.17, 15) is 4.79 Å². The predicted octanol–water partition coefficient (Wildman–Crippen LogP) is 2.66. The Labute approximate surface area is 139 Å². The number of piperidine rings is 1. The van der Waals surface area contributed by atoms with Crippen LogP contribution in [0.2, 0.25) is 0 Å². The summed E-state index contributed by atoms with van der Waals surface area (Å²) in [6.07, 6.45) is 4.89. The van der Waals surface area contributed by atoms with E-state index in [1.54, 1.807) is 11.3 Å². The van der Waals surface area contributed by atoms with E-state index in [1.807, 2.05) is 4.90 Å². The Hall–Kier alpha value is -2.02. The van der Waals surface area contributed by atoms with Crippen molar-refractivity contribution in [3.63, 3.8) is 0 Å². The normalized spacial score (nSPS) is 18.4. The van der Waals surface area contributed by atoms with E-state index in [0.717, 1.165) is 30.1 Å². The summed E-state index contributed by atoms with van der Waals surface area (Å²) >= 11 is 1.70. The summed E-state index contributed by atoms with van der Waals surface area (Å²) in [6, 6.07) is 0. The number of nitrogen functional groups attached to an aromatic ring is 1. The summed E-state index contributed by atoms with van der Waals surface area (Å²) in [5.41, 5.74) is 7.32. The van der Waals surface area contributed by atoms with Crippen molar-refractivity contribution in [1.29, 1.82) is 0 Å². The third-order valence-corrected chi connectivity index (χ3v) is 5.19. The van der Waals surface area contributed by atoms with Crippen molar-refractivity contribution in [2.24, 2.45) is 0 Å². The average Bonchev–Trinajstić information content (AvgIpc) is 3.05. The first-order chi connectivity index (χ1) is 11.1. The molecule has 1 amide bonds. The highest BCUT2D eigenvalue weighted by Gasteiger charge is 2.28. The highest BCUT2D eigenvalue weighted by molar-refractivity contribution is 7.09. The van der Waals surface area contributed by atoms with Crippen LogP contribution in [0.3, 0.4) is 0 Å². The van der Waals surface area contributed by atoms with Gasteiger partial charge in [-0.1, -0.05) is 13.8 Å². The second-order valence-corrected chi connectivity index (χ2v) is 7.07. The molecule has 3 heterocycles. The van der Waals surface area contributed by atoms with Crippen LogP contribution in [-0.2, 0) is 0 Å². The molecule has 0 aliphatic carbocycles. The number of nitrogens with two attached hydrogens (primary N) is 1. The van der Waals surface area contributed by atoms with Gasteiger partial charge in [0.15, 0.2) is 0 Å². The Bertz CT molecular complexity index is 699. The summed E-state index contributed by atoms with van der Waals surface area (Å²) < 4.78 is 0. The van der Waals surface area contributed by atoms with Gasteiger partial charge in [0.2, 0.25) is 0 Å². The van der Waals surface area contributed by atoms with Crippen molar-refractivity contribution in [1.82, 2.24) is 19.9 Å². The van der Waals surface area contributed by atoms with Gasteiger partial charge < -0.3 is 10.6 Å². The molecule has 1 aliphatic rings. The molecule has 1 fully saturated rings. The number of thiazole rings is 1. The molecule has 7 heteroatoms. The van der Waals surface area contributed by atoms with Crippen LogP contribution in [0.5, 0.6) is 0 Å². The zero-order chi connectivity index (χ0) is 16.4. The molecule has 0 saturated carbocycles. The number of carbonyl (C=O) groups is 1. The Morgan fingerprint density at radius 1 is 1.48 bits per heavy atom. The Morgan fingerprint density at radius 2 is 2.30 bits per heavy atom. The fourth-order valence-electron chi connectivity index (χ4n) is 2.79. The molecule has 122 valence electrons. The molecule has 6 nitrogen and oxygen atoms in total. The van der Waals surface area contributed by atoms with Gasteiger partial charge in [0.1, 0.15) is 12.1 Å². The van der Waals surface area contributed by atoms with Crippen LogP contribution < -0.4 is 5.73 Å². The summed E-state index contributed by atoms with van der Waals surface area (Å²) in [4.78, 5) is 27.1. The number of aromatic nitrogens is 3. The molecule has 2 aromatic heterocycles. The first-order valence-electron chi connectivity index (χ1n) is 7.86. The smallest absolute Gasteiger partial charge is 0.259 e. The van der Waals surface area contributed by atoms with E-state index in [4.69, 9.17) is 10.7 Å². The van der Waals surface area contributed by atoms with E-state index in [0.29, 0.717) is 23.9 Å². The standard InChI is InChI=1S/C16H21N5OS/c1-10(2)13-8-23-15(20-13)11-4-3-5-21(7-11)16(22)12-6-18-9-19-14(12)17/h6,8-11H,3-5,7H2,1-2H3,(H2,17,18,19)/t11-/m1/s1. The molecule has 0 unspecified atom stereocenters. The summed E-state index contributed by atoms with van der Waals surface area (Å²) in [6.45, 7) is 5.71. The Morgan fingerprint density at radius 3 is 3.00 bits per heavy atom. The fourth-order valence-corrected chi connectivity index (χ4v) is 3.90. The fraction of sp³-hybridized carbons (Fsp3) is 0.500. The maximum Gasteiger partial charge on any atom is 0.259 e. The molecule has 23 heavy (non-hydrogen) atoms. The van der Waals surface area contributed by atoms with E-state index >= 15 is 0 Å². The van der Waals surface area contributed by atoms with Crippen molar-refractivity contribution >= 4 is 23.1 Å². The molecule has 0 spiro atoms. The number of hydrogen-bond donors (Lipinski definition) is 1. The molecule has 1 saturated heterocycles. The third kappa shape index (κ3) is 3.34. The Kier molecular flexibility index (Phi) is 4.56. The molecule has 3 rings (SSSR count). The number of amides is 1. The number of carbonyl (C=O) groups excluding carboxylic acids is 1. The van der Waals surface area contributed by atoms with Crippen molar-refractivity contribution in [2.45, 2.75) is 38.5 Å². The van der Waals surface area contributed by atoms with Gasteiger partial charge in [0.05, 0.1) is 16.3 Å². The third-order valence-electron chi connectivity index (χ3n) is 4.16. The summed E-state index contributed by atoms with van der Waals surface area (Å²) in [5.74, 6) is 0.885. The molecule has 0 aromatic carbocycles. The monoisotopic (exact) mass is 331 g/mol. The van der Waals surface area contributed by atoms with Gasteiger partial charge in [-0.3, -0.25) is 4.79 Å². The van der Waals surface area contributed by atoms with Crippen molar-refractivity contribution in [3.05, 3.63) is 34.2 Å². The minimum Gasteiger partial charge on any atom is -0.383 e. The SMILES string of the molecule is CC(C)c1csc([C@@H]2CCCN(C(=O)c3cncnc3N)C2)n1. The van der Waals surface area contributed by atoms with Gasteiger partial charge in [0.25, 0.3) is 5.91 Å². The highest BCUT2D eigenvalue weighted by Crippen LogP contribution is 2.31. The van der Waals surface area contributed by atoms with Gasteiger partial charge in [-0.15, -0.1) is 11.3 Å². The second kappa shape index (κ2) is 6.62. The molecular formula is C16H21N5OS. The lowest BCUT2D eigenvalue weighted by molar-refractivity contribution is 0.0707. The van der Waals surface area contributed by atoms with Crippen LogP contribution in [0.1, 0.15) is 59.6 Å². The molecule has 0 radical (unpaired) electrons. The van der Waals surface area contributed by atoms with Crippen LogP contribution in [0.25, 0.3) is 0 Å². The summed E-state index contributed by atoms with van der Waals surface area (Å²) in [5, 5.41) is 3.26. The number of anilines is 1. The topological polar surface area (TPSA) is 85.0 Å². The summed E-state index contributed by atoms with van der Waals surface area (Å²) in [7, 11) is 0. The van der Waals surface area contributed by atoms with Gasteiger partial charge in [0, 0.05) is 30.6 Å². The van der Waals surface area contributed by atoms with Crippen molar-refractivity contribution < 1.29 is 4.79 Å². The van der Waals surface area contributed by atoms with Crippen LogP contribution in [0.15, 0.2) is 17.9 Å². The van der Waals surface area contributed by atoms with Crippen molar-refractivity contribution in [2.75, 3.05) is 18.8 Å². The largest absolute Gasteiger partial charge is 0.383 e. The van der Waals surface area contributed by atoms with E-state index in [2.05, 4.69) is 29.2 Å². The molecule has 0 bridgehead atoms. The molecule has 1 atom stereocenters. The van der Waals surface area contributed by atoms with Crippen LogP contribution >= 0.6 is 11.3 Å². The van der Waals surface area contributed by atoms with Crippen molar-refractivity contribution in [3.8, 4) is 0 Å². The zero-order valence-corrected chi connectivity index (χ0v) is 14.2. The van der Waals surface area contributed by atoms with Gasteiger partial charge >= 0.3 is 0 Å². The van der Waals surface area contributed by atoms with Gasteiger partial charge in [-0.05, 0) is 18.8 Å². The first kappa shape index (κ1) is 15.9. The van der Waals surface area contributed by atoms with Crippen LogP contribution in [0, 0.1) is 0 Å². The number of hydrogen-bond acceptors (Lipinski definition) is 6. The highest BCUT2D eigenvalue weighted by atomic mass is 32.1. The number of rotatable bonds is 3. The van der Waals surface area contributed by atoms with Crippen LogP contribution in [0.4, 0.5) is 5.82 Å². The molecule has 1 aliphatic heterocycles.